The SMILES string of the molecule is Cc1ccc([N+](=O)[O-])cc1NCC(CC(C)C)C(=O)O. The van der Waals surface area contributed by atoms with Crippen LogP contribution in [0.25, 0.3) is 0 Å². The topological polar surface area (TPSA) is 92.5 Å². The van der Waals surface area contributed by atoms with Gasteiger partial charge in [-0.1, -0.05) is 19.9 Å². The molecule has 1 aromatic rings. The number of nitrogens with zero attached hydrogens (tertiary/aromatic N) is 1. The fourth-order valence-corrected chi connectivity index (χ4v) is 1.99. The molecule has 20 heavy (non-hydrogen) atoms. The standard InChI is InChI=1S/C14H20N2O4/c1-9(2)6-11(14(17)18)8-15-13-7-12(16(19)20)5-4-10(13)3/h4-5,7,9,11,15H,6,8H2,1-3H3,(H,17,18). The first-order chi connectivity index (χ1) is 9.31. The second kappa shape index (κ2) is 6.88. The second-order valence-corrected chi connectivity index (χ2v) is 5.30. The van der Waals surface area contributed by atoms with Gasteiger partial charge >= 0.3 is 5.97 Å². The third-order valence-electron chi connectivity index (χ3n) is 3.08. The van der Waals surface area contributed by atoms with Crippen LogP contribution < -0.4 is 5.32 Å². The van der Waals surface area contributed by atoms with Crippen LogP contribution in [-0.4, -0.2) is 22.5 Å². The lowest BCUT2D eigenvalue weighted by Gasteiger charge is -2.17. The van der Waals surface area contributed by atoms with Crippen molar-refractivity contribution >= 4 is 17.3 Å². The molecule has 6 heteroatoms. The lowest BCUT2D eigenvalue weighted by molar-refractivity contribution is -0.384. The van der Waals surface area contributed by atoms with Crippen LogP contribution in [0.2, 0.25) is 0 Å². The highest BCUT2D eigenvalue weighted by atomic mass is 16.6. The largest absolute Gasteiger partial charge is 0.481 e. The third-order valence-corrected chi connectivity index (χ3v) is 3.08. The van der Waals surface area contributed by atoms with E-state index in [9.17, 15) is 14.9 Å². The van der Waals surface area contributed by atoms with Gasteiger partial charge in [-0.05, 0) is 24.8 Å². The number of rotatable bonds is 7. The summed E-state index contributed by atoms with van der Waals surface area (Å²) < 4.78 is 0. The number of carbonyl (C=O) groups is 1. The molecule has 1 unspecified atom stereocenters. The van der Waals surface area contributed by atoms with Crippen molar-refractivity contribution in [2.45, 2.75) is 27.2 Å². The van der Waals surface area contributed by atoms with Crippen molar-refractivity contribution in [2.75, 3.05) is 11.9 Å². The molecule has 0 heterocycles. The highest BCUT2D eigenvalue weighted by molar-refractivity contribution is 5.71. The number of carboxylic acid groups (broad SMARTS) is 1. The smallest absolute Gasteiger partial charge is 0.308 e. The number of aliphatic carboxylic acids is 1. The summed E-state index contributed by atoms with van der Waals surface area (Å²) in [5.74, 6) is -1.08. The molecule has 110 valence electrons. The number of aryl methyl sites for hydroxylation is 1. The van der Waals surface area contributed by atoms with Crippen LogP contribution >= 0.6 is 0 Å². The van der Waals surface area contributed by atoms with E-state index in [0.29, 0.717) is 12.1 Å². The fraction of sp³-hybridized carbons (Fsp3) is 0.500. The van der Waals surface area contributed by atoms with Crippen LogP contribution in [0.4, 0.5) is 11.4 Å². The number of non-ortho nitro benzene ring substituents is 1. The van der Waals surface area contributed by atoms with E-state index in [0.717, 1.165) is 5.56 Å². The predicted molar refractivity (Wildman–Crippen MR) is 76.9 cm³/mol. The minimum absolute atomic E-state index is 0.00571. The van der Waals surface area contributed by atoms with E-state index in [1.807, 2.05) is 20.8 Å². The Bertz CT molecular complexity index is 500. The normalized spacial score (nSPS) is 12.2. The van der Waals surface area contributed by atoms with Crippen molar-refractivity contribution in [3.63, 3.8) is 0 Å². The number of hydrogen-bond donors (Lipinski definition) is 2. The Morgan fingerprint density at radius 1 is 1.45 bits per heavy atom. The zero-order chi connectivity index (χ0) is 15.3. The first-order valence-electron chi connectivity index (χ1n) is 6.53. The minimum Gasteiger partial charge on any atom is -0.481 e. The molecule has 6 nitrogen and oxygen atoms in total. The van der Waals surface area contributed by atoms with Crippen molar-refractivity contribution < 1.29 is 14.8 Å². The molecule has 0 saturated heterocycles. The number of anilines is 1. The van der Waals surface area contributed by atoms with Gasteiger partial charge in [0.05, 0.1) is 10.8 Å². The first kappa shape index (κ1) is 15.9. The van der Waals surface area contributed by atoms with Gasteiger partial charge in [-0.3, -0.25) is 14.9 Å². The van der Waals surface area contributed by atoms with Crippen molar-refractivity contribution in [3.05, 3.63) is 33.9 Å². The van der Waals surface area contributed by atoms with E-state index < -0.39 is 16.8 Å². The van der Waals surface area contributed by atoms with E-state index in [2.05, 4.69) is 5.32 Å². The summed E-state index contributed by atoms with van der Waals surface area (Å²) in [6.07, 6.45) is 0.566. The summed E-state index contributed by atoms with van der Waals surface area (Å²) in [5.41, 5.74) is 1.45. The molecule has 1 rings (SSSR count). The van der Waals surface area contributed by atoms with Gasteiger partial charge in [-0.25, -0.2) is 0 Å². The molecule has 1 atom stereocenters. The summed E-state index contributed by atoms with van der Waals surface area (Å²) in [4.78, 5) is 21.4. The maximum absolute atomic E-state index is 11.2. The lowest BCUT2D eigenvalue weighted by Crippen LogP contribution is -2.24. The average molecular weight is 280 g/mol. The van der Waals surface area contributed by atoms with Crippen LogP contribution in [0.3, 0.4) is 0 Å². The highest BCUT2D eigenvalue weighted by Crippen LogP contribution is 2.23. The lowest BCUT2D eigenvalue weighted by atomic mass is 9.97. The maximum Gasteiger partial charge on any atom is 0.308 e. The zero-order valence-corrected chi connectivity index (χ0v) is 11.9. The molecule has 0 fully saturated rings. The minimum atomic E-state index is -0.853. The highest BCUT2D eigenvalue weighted by Gasteiger charge is 2.19. The molecule has 0 saturated carbocycles. The Hall–Kier alpha value is -2.11. The number of carboxylic acids is 1. The number of nitro groups is 1. The molecule has 0 aliphatic rings. The van der Waals surface area contributed by atoms with Gasteiger partial charge < -0.3 is 10.4 Å². The molecule has 0 spiro atoms. The van der Waals surface area contributed by atoms with E-state index in [1.54, 1.807) is 6.07 Å². The predicted octanol–water partition coefficient (Wildman–Crippen LogP) is 3.06. The van der Waals surface area contributed by atoms with Gasteiger partial charge in [-0.15, -0.1) is 0 Å². The monoisotopic (exact) mass is 280 g/mol. The average Bonchev–Trinajstić information content (AvgIpc) is 2.35. The first-order valence-corrected chi connectivity index (χ1v) is 6.53. The molecule has 0 aliphatic heterocycles. The molecule has 0 aliphatic carbocycles. The number of hydrogen-bond acceptors (Lipinski definition) is 4. The van der Waals surface area contributed by atoms with Crippen molar-refractivity contribution in [2.24, 2.45) is 11.8 Å². The van der Waals surface area contributed by atoms with E-state index in [-0.39, 0.29) is 18.2 Å². The van der Waals surface area contributed by atoms with Crippen LogP contribution in [-0.2, 0) is 4.79 Å². The van der Waals surface area contributed by atoms with Crippen LogP contribution in [0.1, 0.15) is 25.8 Å². The zero-order valence-electron chi connectivity index (χ0n) is 11.9. The van der Waals surface area contributed by atoms with Crippen molar-refractivity contribution in [3.8, 4) is 0 Å². The summed E-state index contributed by atoms with van der Waals surface area (Å²) in [5, 5.41) is 22.9. The third kappa shape index (κ3) is 4.53. The van der Waals surface area contributed by atoms with Gasteiger partial charge in [-0.2, -0.15) is 0 Å². The molecule has 2 N–H and O–H groups in total. The Balaban J connectivity index is 2.79. The van der Waals surface area contributed by atoms with E-state index in [1.165, 1.54) is 12.1 Å². The molecule has 0 amide bonds. The Labute approximate surface area is 118 Å². The second-order valence-electron chi connectivity index (χ2n) is 5.30. The molecule has 0 aromatic heterocycles. The Morgan fingerprint density at radius 3 is 2.60 bits per heavy atom. The van der Waals surface area contributed by atoms with Gasteiger partial charge in [0.25, 0.3) is 5.69 Å². The Morgan fingerprint density at radius 2 is 2.10 bits per heavy atom. The molecular formula is C14H20N2O4. The van der Waals surface area contributed by atoms with E-state index in [4.69, 9.17) is 5.11 Å². The number of nitrogens with one attached hydrogen (secondary N) is 1. The fourth-order valence-electron chi connectivity index (χ4n) is 1.99. The summed E-state index contributed by atoms with van der Waals surface area (Å²) in [6.45, 7) is 6.02. The molecule has 0 radical (unpaired) electrons. The Kier molecular flexibility index (Phi) is 5.49. The number of benzene rings is 1. The van der Waals surface area contributed by atoms with Gasteiger partial charge in [0.2, 0.25) is 0 Å². The van der Waals surface area contributed by atoms with Crippen molar-refractivity contribution in [1.29, 1.82) is 0 Å². The summed E-state index contributed by atoms with van der Waals surface area (Å²) >= 11 is 0. The van der Waals surface area contributed by atoms with E-state index >= 15 is 0 Å². The number of nitro benzene ring substituents is 1. The summed E-state index contributed by atoms with van der Waals surface area (Å²) in [6, 6.07) is 4.52. The summed E-state index contributed by atoms with van der Waals surface area (Å²) in [7, 11) is 0. The van der Waals surface area contributed by atoms with Crippen LogP contribution in [0.5, 0.6) is 0 Å². The van der Waals surface area contributed by atoms with Gasteiger partial charge in [0.1, 0.15) is 0 Å². The van der Waals surface area contributed by atoms with Crippen LogP contribution in [0.15, 0.2) is 18.2 Å². The molecular weight excluding hydrogens is 260 g/mol. The molecule has 0 bridgehead atoms. The quantitative estimate of drug-likeness (QED) is 0.591. The van der Waals surface area contributed by atoms with Gasteiger partial charge in [0, 0.05) is 24.4 Å². The van der Waals surface area contributed by atoms with Crippen molar-refractivity contribution in [1.82, 2.24) is 0 Å². The maximum atomic E-state index is 11.2. The van der Waals surface area contributed by atoms with Crippen LogP contribution in [0, 0.1) is 28.9 Å². The van der Waals surface area contributed by atoms with Gasteiger partial charge in [0.15, 0.2) is 0 Å². The molecule has 1 aromatic carbocycles.